The van der Waals surface area contributed by atoms with Crippen LogP contribution in [-0.2, 0) is 11.8 Å². The molecule has 1 aromatic carbocycles. The number of benzene rings is 1. The highest BCUT2D eigenvalue weighted by Crippen LogP contribution is 2.54. The van der Waals surface area contributed by atoms with E-state index in [1.54, 1.807) is 0 Å². The first kappa shape index (κ1) is 11.1. The minimum atomic E-state index is 0.119. The van der Waals surface area contributed by atoms with Crippen molar-refractivity contribution in [1.29, 1.82) is 0 Å². The average molecular weight is 231 g/mol. The Morgan fingerprint density at radius 3 is 2.82 bits per heavy atom. The molecule has 2 nitrogen and oxygen atoms in total. The number of rotatable bonds is 0. The largest absolute Gasteiger partial charge is 0.508 e. The van der Waals surface area contributed by atoms with Gasteiger partial charge in [0.2, 0.25) is 0 Å². The van der Waals surface area contributed by atoms with Gasteiger partial charge in [-0.2, -0.15) is 0 Å². The highest BCUT2D eigenvalue weighted by Gasteiger charge is 2.53. The van der Waals surface area contributed by atoms with Crippen LogP contribution in [0.5, 0.6) is 5.75 Å². The maximum absolute atomic E-state index is 10.1. The van der Waals surface area contributed by atoms with Gasteiger partial charge in [0.15, 0.2) is 0 Å². The minimum Gasteiger partial charge on any atom is -0.508 e. The van der Waals surface area contributed by atoms with E-state index in [4.69, 9.17) is 0 Å². The van der Waals surface area contributed by atoms with Gasteiger partial charge >= 0.3 is 0 Å². The quantitative estimate of drug-likeness (QED) is 0.719. The van der Waals surface area contributed by atoms with E-state index < -0.39 is 0 Å². The zero-order chi connectivity index (χ0) is 12.3. The van der Waals surface area contributed by atoms with Gasteiger partial charge in [0.1, 0.15) is 5.75 Å². The normalized spacial score (nSPS) is 34.2. The van der Waals surface area contributed by atoms with Crippen LogP contribution in [0.15, 0.2) is 18.2 Å². The molecule has 0 amide bonds. The summed E-state index contributed by atoms with van der Waals surface area (Å²) in [6.45, 7) is 8.14. The standard InChI is InChI=1S/C15H21NO/c1-14(2)11-5-4-6-12(17)10(11)9-13-15(14,3)7-8-16-13/h4-6,13,16-17H,7-9H2,1-3H3/t13-,15+/m1/s1. The second kappa shape index (κ2) is 3.26. The van der Waals surface area contributed by atoms with E-state index in [2.05, 4.69) is 32.2 Å². The Kier molecular flexibility index (Phi) is 2.13. The van der Waals surface area contributed by atoms with Crippen molar-refractivity contribution in [3.63, 3.8) is 0 Å². The number of hydrogen-bond donors (Lipinski definition) is 2. The van der Waals surface area contributed by atoms with Gasteiger partial charge in [-0.3, -0.25) is 0 Å². The molecule has 1 aromatic rings. The number of fused-ring (bicyclic) bond motifs is 2. The predicted molar refractivity (Wildman–Crippen MR) is 69.4 cm³/mol. The Balaban J connectivity index is 2.22. The van der Waals surface area contributed by atoms with E-state index >= 15 is 0 Å². The van der Waals surface area contributed by atoms with Crippen LogP contribution in [0, 0.1) is 5.41 Å². The number of aromatic hydroxyl groups is 1. The van der Waals surface area contributed by atoms with Gasteiger partial charge in [0.25, 0.3) is 0 Å². The van der Waals surface area contributed by atoms with Crippen LogP contribution in [0.2, 0.25) is 0 Å². The molecule has 0 bridgehead atoms. The first-order valence-corrected chi connectivity index (χ1v) is 6.51. The molecule has 2 aliphatic rings. The summed E-state index contributed by atoms with van der Waals surface area (Å²) in [6, 6.07) is 6.47. The van der Waals surface area contributed by atoms with E-state index in [9.17, 15) is 5.11 Å². The second-order valence-electron chi connectivity index (χ2n) is 6.31. The van der Waals surface area contributed by atoms with Gasteiger partial charge in [-0.05, 0) is 47.4 Å². The van der Waals surface area contributed by atoms with Crippen molar-refractivity contribution in [2.75, 3.05) is 6.54 Å². The molecule has 17 heavy (non-hydrogen) atoms. The molecule has 2 atom stereocenters. The van der Waals surface area contributed by atoms with Crippen LogP contribution in [0.1, 0.15) is 38.3 Å². The Morgan fingerprint density at radius 1 is 1.29 bits per heavy atom. The lowest BCUT2D eigenvalue weighted by Crippen LogP contribution is -2.52. The molecule has 3 rings (SSSR count). The predicted octanol–water partition coefficient (Wildman–Crippen LogP) is 2.59. The van der Waals surface area contributed by atoms with Gasteiger partial charge in [0, 0.05) is 6.04 Å². The van der Waals surface area contributed by atoms with Crippen LogP contribution in [-0.4, -0.2) is 17.7 Å². The fourth-order valence-electron chi connectivity index (χ4n) is 3.84. The molecule has 1 heterocycles. The van der Waals surface area contributed by atoms with Crippen molar-refractivity contribution in [2.45, 2.75) is 45.1 Å². The third kappa shape index (κ3) is 1.25. The summed E-state index contributed by atoms with van der Waals surface area (Å²) in [5.41, 5.74) is 2.90. The molecule has 92 valence electrons. The Bertz CT molecular complexity index is 466. The summed E-state index contributed by atoms with van der Waals surface area (Å²) in [5.74, 6) is 0.464. The zero-order valence-corrected chi connectivity index (χ0v) is 10.9. The molecular formula is C15H21NO. The van der Waals surface area contributed by atoms with Gasteiger partial charge in [0.05, 0.1) is 0 Å². The zero-order valence-electron chi connectivity index (χ0n) is 10.9. The molecule has 2 heteroatoms. The first-order chi connectivity index (χ1) is 7.97. The third-order valence-corrected chi connectivity index (χ3v) is 5.46. The molecule has 0 aromatic heterocycles. The Labute approximate surface area is 103 Å². The highest BCUT2D eigenvalue weighted by atomic mass is 16.3. The first-order valence-electron chi connectivity index (χ1n) is 6.51. The summed E-state index contributed by atoms with van der Waals surface area (Å²) < 4.78 is 0. The molecule has 0 saturated carbocycles. The SMILES string of the molecule is CC1(C)c2cccc(O)c2C[C@H]2NCC[C@@]21C. The lowest BCUT2D eigenvalue weighted by Gasteiger charge is -2.50. The van der Waals surface area contributed by atoms with Gasteiger partial charge in [-0.1, -0.05) is 32.9 Å². The van der Waals surface area contributed by atoms with Crippen molar-refractivity contribution >= 4 is 0 Å². The minimum absolute atomic E-state index is 0.119. The molecule has 1 aliphatic carbocycles. The van der Waals surface area contributed by atoms with Crippen molar-refractivity contribution in [2.24, 2.45) is 5.41 Å². The van der Waals surface area contributed by atoms with Crippen molar-refractivity contribution in [3.05, 3.63) is 29.3 Å². The van der Waals surface area contributed by atoms with E-state index in [-0.39, 0.29) is 5.41 Å². The monoisotopic (exact) mass is 231 g/mol. The molecule has 0 unspecified atom stereocenters. The number of nitrogens with one attached hydrogen (secondary N) is 1. The molecule has 2 N–H and O–H groups in total. The third-order valence-electron chi connectivity index (χ3n) is 5.46. The molecule has 1 fully saturated rings. The fraction of sp³-hybridized carbons (Fsp3) is 0.600. The van der Waals surface area contributed by atoms with E-state index in [1.807, 2.05) is 12.1 Å². The van der Waals surface area contributed by atoms with E-state index in [0.717, 1.165) is 18.5 Å². The smallest absolute Gasteiger partial charge is 0.119 e. The molecule has 1 aliphatic heterocycles. The summed E-state index contributed by atoms with van der Waals surface area (Å²) in [4.78, 5) is 0. The highest BCUT2D eigenvalue weighted by molar-refractivity contribution is 5.48. The van der Waals surface area contributed by atoms with Crippen molar-refractivity contribution in [3.8, 4) is 5.75 Å². The number of phenolic OH excluding ortho intramolecular Hbond substituents is 1. The summed E-state index contributed by atoms with van der Waals surface area (Å²) in [7, 11) is 0. The Morgan fingerprint density at radius 2 is 2.06 bits per heavy atom. The van der Waals surface area contributed by atoms with Crippen LogP contribution in [0.4, 0.5) is 0 Å². The van der Waals surface area contributed by atoms with Crippen LogP contribution < -0.4 is 5.32 Å². The van der Waals surface area contributed by atoms with Crippen LogP contribution in [0.3, 0.4) is 0 Å². The van der Waals surface area contributed by atoms with E-state index in [1.165, 1.54) is 12.0 Å². The topological polar surface area (TPSA) is 32.3 Å². The number of hydrogen-bond acceptors (Lipinski definition) is 2. The van der Waals surface area contributed by atoms with E-state index in [0.29, 0.717) is 17.2 Å². The molecular weight excluding hydrogens is 210 g/mol. The second-order valence-corrected chi connectivity index (χ2v) is 6.31. The number of phenols is 1. The summed E-state index contributed by atoms with van der Waals surface area (Å²) >= 11 is 0. The van der Waals surface area contributed by atoms with Gasteiger partial charge < -0.3 is 10.4 Å². The maximum atomic E-state index is 10.1. The summed E-state index contributed by atoms with van der Waals surface area (Å²) in [5, 5.41) is 13.7. The van der Waals surface area contributed by atoms with Gasteiger partial charge in [-0.25, -0.2) is 0 Å². The van der Waals surface area contributed by atoms with Crippen molar-refractivity contribution < 1.29 is 5.11 Å². The van der Waals surface area contributed by atoms with Gasteiger partial charge in [-0.15, -0.1) is 0 Å². The maximum Gasteiger partial charge on any atom is 0.119 e. The van der Waals surface area contributed by atoms with Crippen LogP contribution in [0.25, 0.3) is 0 Å². The molecule has 1 saturated heterocycles. The fourth-order valence-corrected chi connectivity index (χ4v) is 3.84. The molecule has 0 spiro atoms. The van der Waals surface area contributed by atoms with Crippen molar-refractivity contribution in [1.82, 2.24) is 5.32 Å². The van der Waals surface area contributed by atoms with Crippen LogP contribution >= 0.6 is 0 Å². The average Bonchev–Trinajstić information content (AvgIpc) is 2.64. The lowest BCUT2D eigenvalue weighted by atomic mass is 9.54. The Hall–Kier alpha value is -1.02. The molecule has 0 radical (unpaired) electrons. The summed E-state index contributed by atoms with van der Waals surface area (Å²) in [6.07, 6.45) is 2.18. The lowest BCUT2D eigenvalue weighted by molar-refractivity contribution is 0.129.